The molecule has 2 rings (SSSR count). The van der Waals surface area contributed by atoms with Crippen molar-refractivity contribution in [2.75, 3.05) is 0 Å². The summed E-state index contributed by atoms with van der Waals surface area (Å²) < 4.78 is 0. The fourth-order valence-electron chi connectivity index (χ4n) is 1.41. The monoisotopic (exact) mass is 213 g/mol. The second-order valence-corrected chi connectivity index (χ2v) is 3.57. The highest BCUT2D eigenvalue weighted by Crippen LogP contribution is 2.18. The highest BCUT2D eigenvalue weighted by molar-refractivity contribution is 6.09. The first-order valence-electron chi connectivity index (χ1n) is 4.94. The Kier molecular flexibility index (Phi) is 2.68. The maximum absolute atomic E-state index is 12.0. The average molecular weight is 213 g/mol. The van der Waals surface area contributed by atoms with Gasteiger partial charge in [0.1, 0.15) is 11.4 Å². The molecule has 0 saturated heterocycles. The molecule has 0 aliphatic carbocycles. The number of benzene rings is 1. The van der Waals surface area contributed by atoms with Crippen molar-refractivity contribution in [3.05, 3.63) is 59.4 Å². The van der Waals surface area contributed by atoms with Crippen molar-refractivity contribution in [3.63, 3.8) is 0 Å². The number of carbonyl (C=O) groups excluding carboxylic acids is 1. The molecule has 0 spiro atoms. The van der Waals surface area contributed by atoms with Crippen LogP contribution in [0.25, 0.3) is 0 Å². The van der Waals surface area contributed by atoms with Crippen LogP contribution < -0.4 is 0 Å². The Morgan fingerprint density at radius 2 is 1.94 bits per heavy atom. The number of aryl methyl sites for hydroxylation is 1. The normalized spacial score (nSPS) is 10.1. The van der Waals surface area contributed by atoms with Gasteiger partial charge in [-0.3, -0.25) is 9.78 Å². The molecular formula is C13H11NO2. The first-order valence-corrected chi connectivity index (χ1v) is 4.94. The lowest BCUT2D eigenvalue weighted by molar-refractivity contribution is 0.103. The maximum atomic E-state index is 12.0. The first-order chi connectivity index (χ1) is 7.68. The summed E-state index contributed by atoms with van der Waals surface area (Å²) in [6, 6.07) is 9.93. The van der Waals surface area contributed by atoms with Gasteiger partial charge in [-0.2, -0.15) is 0 Å². The molecule has 1 heterocycles. The molecule has 80 valence electrons. The van der Waals surface area contributed by atoms with E-state index in [0.717, 1.165) is 5.56 Å². The van der Waals surface area contributed by atoms with Gasteiger partial charge < -0.3 is 5.11 Å². The SMILES string of the molecule is Cc1ccc(C(=O)c2ccccc2O)nc1. The topological polar surface area (TPSA) is 50.2 Å². The van der Waals surface area contributed by atoms with Gasteiger partial charge in [-0.15, -0.1) is 0 Å². The second kappa shape index (κ2) is 4.14. The van der Waals surface area contributed by atoms with Crippen LogP contribution in [0, 0.1) is 6.92 Å². The van der Waals surface area contributed by atoms with Crippen LogP contribution in [-0.2, 0) is 0 Å². The van der Waals surface area contributed by atoms with Gasteiger partial charge >= 0.3 is 0 Å². The van der Waals surface area contributed by atoms with Crippen molar-refractivity contribution < 1.29 is 9.90 Å². The summed E-state index contributed by atoms with van der Waals surface area (Å²) >= 11 is 0. The highest BCUT2D eigenvalue weighted by atomic mass is 16.3. The quantitative estimate of drug-likeness (QED) is 0.779. The van der Waals surface area contributed by atoms with E-state index in [1.807, 2.05) is 13.0 Å². The van der Waals surface area contributed by atoms with Gasteiger partial charge in [-0.1, -0.05) is 18.2 Å². The number of aromatic hydroxyl groups is 1. The number of aromatic nitrogens is 1. The molecule has 0 aliphatic rings. The van der Waals surface area contributed by atoms with Crippen LogP contribution >= 0.6 is 0 Å². The number of phenols is 1. The summed E-state index contributed by atoms with van der Waals surface area (Å²) in [5.74, 6) is -0.284. The van der Waals surface area contributed by atoms with Crippen molar-refractivity contribution >= 4 is 5.78 Å². The number of phenolic OH excluding ortho intramolecular Hbond substituents is 1. The Hall–Kier alpha value is -2.16. The third-order valence-corrected chi connectivity index (χ3v) is 2.29. The van der Waals surface area contributed by atoms with Crippen LogP contribution in [0.3, 0.4) is 0 Å². The number of hydrogen-bond acceptors (Lipinski definition) is 3. The van der Waals surface area contributed by atoms with E-state index in [1.54, 1.807) is 30.5 Å². The highest BCUT2D eigenvalue weighted by Gasteiger charge is 2.13. The first kappa shape index (κ1) is 10.4. The number of nitrogens with zero attached hydrogens (tertiary/aromatic N) is 1. The van der Waals surface area contributed by atoms with Crippen molar-refractivity contribution in [2.24, 2.45) is 0 Å². The lowest BCUT2D eigenvalue weighted by Gasteiger charge is -2.02. The van der Waals surface area contributed by atoms with Crippen molar-refractivity contribution in [3.8, 4) is 5.75 Å². The Morgan fingerprint density at radius 1 is 1.19 bits per heavy atom. The predicted molar refractivity (Wildman–Crippen MR) is 60.5 cm³/mol. The van der Waals surface area contributed by atoms with E-state index >= 15 is 0 Å². The molecule has 1 aromatic carbocycles. The van der Waals surface area contributed by atoms with Gasteiger partial charge in [0.15, 0.2) is 0 Å². The minimum Gasteiger partial charge on any atom is -0.507 e. The van der Waals surface area contributed by atoms with Crippen molar-refractivity contribution in [2.45, 2.75) is 6.92 Å². The van der Waals surface area contributed by atoms with E-state index in [1.165, 1.54) is 6.07 Å². The van der Waals surface area contributed by atoms with Crippen molar-refractivity contribution in [1.82, 2.24) is 4.98 Å². The van der Waals surface area contributed by atoms with Crippen LogP contribution in [0.1, 0.15) is 21.6 Å². The van der Waals surface area contributed by atoms with Crippen LogP contribution in [0.15, 0.2) is 42.6 Å². The summed E-state index contributed by atoms with van der Waals surface area (Å²) in [4.78, 5) is 16.0. The van der Waals surface area contributed by atoms with Gasteiger partial charge in [0, 0.05) is 6.20 Å². The van der Waals surface area contributed by atoms with Crippen LogP contribution in [0.5, 0.6) is 5.75 Å². The molecule has 0 atom stereocenters. The smallest absolute Gasteiger partial charge is 0.215 e. The van der Waals surface area contributed by atoms with E-state index in [9.17, 15) is 9.90 Å². The van der Waals surface area contributed by atoms with Gasteiger partial charge in [-0.05, 0) is 30.7 Å². The van der Waals surface area contributed by atoms with Crippen molar-refractivity contribution in [1.29, 1.82) is 0 Å². The summed E-state index contributed by atoms with van der Waals surface area (Å²) in [6.45, 7) is 1.90. The molecular weight excluding hydrogens is 202 g/mol. The largest absolute Gasteiger partial charge is 0.507 e. The number of ketones is 1. The molecule has 3 heteroatoms. The molecule has 0 aliphatic heterocycles. The Labute approximate surface area is 93.4 Å². The number of rotatable bonds is 2. The number of hydrogen-bond donors (Lipinski definition) is 1. The number of carbonyl (C=O) groups is 1. The summed E-state index contributed by atoms with van der Waals surface area (Å²) in [5.41, 5.74) is 1.61. The van der Waals surface area contributed by atoms with Gasteiger partial charge in [-0.25, -0.2) is 0 Å². The zero-order chi connectivity index (χ0) is 11.5. The van der Waals surface area contributed by atoms with Gasteiger partial charge in [0.05, 0.1) is 5.56 Å². The van der Waals surface area contributed by atoms with E-state index in [4.69, 9.17) is 0 Å². The Morgan fingerprint density at radius 3 is 2.56 bits per heavy atom. The molecule has 0 radical (unpaired) electrons. The fourth-order valence-corrected chi connectivity index (χ4v) is 1.41. The Bertz CT molecular complexity index is 518. The third-order valence-electron chi connectivity index (χ3n) is 2.29. The van der Waals surface area contributed by atoms with Crippen LogP contribution in [-0.4, -0.2) is 15.9 Å². The van der Waals surface area contributed by atoms with Crippen LogP contribution in [0.4, 0.5) is 0 Å². The predicted octanol–water partition coefficient (Wildman–Crippen LogP) is 2.33. The molecule has 0 unspecified atom stereocenters. The molecule has 0 bridgehead atoms. The zero-order valence-electron chi connectivity index (χ0n) is 8.84. The summed E-state index contributed by atoms with van der Waals surface area (Å²) in [5, 5.41) is 9.55. The van der Waals surface area contributed by atoms with E-state index in [-0.39, 0.29) is 17.1 Å². The van der Waals surface area contributed by atoms with E-state index in [0.29, 0.717) is 5.69 Å². The molecule has 2 aromatic rings. The minimum atomic E-state index is -0.266. The summed E-state index contributed by atoms with van der Waals surface area (Å²) in [7, 11) is 0. The standard InChI is InChI=1S/C13H11NO2/c1-9-6-7-11(14-8-9)13(16)10-4-2-3-5-12(10)15/h2-8,15H,1H3. The van der Waals surface area contributed by atoms with E-state index < -0.39 is 0 Å². The molecule has 0 fully saturated rings. The lowest BCUT2D eigenvalue weighted by Crippen LogP contribution is -2.04. The second-order valence-electron chi connectivity index (χ2n) is 3.57. The third kappa shape index (κ3) is 1.93. The molecule has 0 amide bonds. The molecule has 0 saturated carbocycles. The molecule has 1 N–H and O–H groups in total. The molecule has 16 heavy (non-hydrogen) atoms. The maximum Gasteiger partial charge on any atom is 0.215 e. The minimum absolute atomic E-state index is 0.0186. The van der Waals surface area contributed by atoms with Crippen LogP contribution in [0.2, 0.25) is 0 Å². The van der Waals surface area contributed by atoms with E-state index in [2.05, 4.69) is 4.98 Å². The average Bonchev–Trinajstić information content (AvgIpc) is 2.30. The number of para-hydroxylation sites is 1. The lowest BCUT2D eigenvalue weighted by atomic mass is 10.1. The molecule has 3 nitrogen and oxygen atoms in total. The zero-order valence-corrected chi connectivity index (χ0v) is 8.84. The fraction of sp³-hybridized carbons (Fsp3) is 0.0769. The summed E-state index contributed by atoms with van der Waals surface area (Å²) in [6.07, 6.45) is 1.63. The Balaban J connectivity index is 2.40. The molecule has 1 aromatic heterocycles. The van der Waals surface area contributed by atoms with Gasteiger partial charge in [0.2, 0.25) is 5.78 Å². The number of pyridine rings is 1. The van der Waals surface area contributed by atoms with Gasteiger partial charge in [0.25, 0.3) is 0 Å².